The first-order valence-electron chi connectivity index (χ1n) is 10.5. The zero-order valence-corrected chi connectivity index (χ0v) is 17.2. The first-order valence-corrected chi connectivity index (χ1v) is 10.5. The molecule has 1 aliphatic rings. The zero-order chi connectivity index (χ0) is 19.4. The largest absolute Gasteiger partial charge is 0.471 e. The van der Waals surface area contributed by atoms with Crippen molar-refractivity contribution in [2.75, 3.05) is 6.61 Å². The summed E-state index contributed by atoms with van der Waals surface area (Å²) in [6.07, 6.45) is 10.8. The summed E-state index contributed by atoms with van der Waals surface area (Å²) in [5, 5.41) is 10.5. The summed E-state index contributed by atoms with van der Waals surface area (Å²) in [6.45, 7) is 8.98. The minimum atomic E-state index is -0.718. The van der Waals surface area contributed by atoms with Crippen molar-refractivity contribution in [2.45, 2.75) is 110 Å². The minimum Gasteiger partial charge on any atom is -0.471 e. The van der Waals surface area contributed by atoms with Crippen LogP contribution in [-0.2, 0) is 14.2 Å². The van der Waals surface area contributed by atoms with E-state index in [1.54, 1.807) is 12.3 Å². The van der Waals surface area contributed by atoms with Crippen molar-refractivity contribution in [2.24, 2.45) is 11.7 Å². The minimum absolute atomic E-state index is 0.314. The van der Waals surface area contributed by atoms with E-state index in [1.165, 1.54) is 38.5 Å². The molecule has 0 aliphatic carbocycles. The van der Waals surface area contributed by atoms with Gasteiger partial charge in [-0.15, -0.1) is 0 Å². The van der Waals surface area contributed by atoms with Crippen LogP contribution >= 0.6 is 0 Å². The lowest BCUT2D eigenvalue weighted by atomic mass is 9.95. The molecule has 0 aromatic rings. The topological polar surface area (TPSA) is 73.9 Å². The number of nitrogens with two attached hydrogens (primary N) is 1. The van der Waals surface area contributed by atoms with E-state index < -0.39 is 24.5 Å². The third kappa shape index (κ3) is 7.95. The maximum absolute atomic E-state index is 10.5. The number of ether oxygens (including phenoxy) is 3. The molecule has 0 saturated carbocycles. The summed E-state index contributed by atoms with van der Waals surface area (Å²) in [7, 11) is 0. The van der Waals surface area contributed by atoms with Crippen molar-refractivity contribution >= 4 is 0 Å². The van der Waals surface area contributed by atoms with E-state index in [0.717, 1.165) is 6.42 Å². The van der Waals surface area contributed by atoms with Crippen LogP contribution in [-0.4, -0.2) is 42.4 Å². The number of unbranched alkanes of at least 4 members (excludes halogenated alkanes) is 4. The zero-order valence-electron chi connectivity index (χ0n) is 17.2. The van der Waals surface area contributed by atoms with Crippen LogP contribution in [0.1, 0.15) is 79.1 Å². The van der Waals surface area contributed by atoms with Gasteiger partial charge in [-0.05, 0) is 25.7 Å². The van der Waals surface area contributed by atoms with E-state index in [0.29, 0.717) is 18.9 Å². The number of hydrogen-bond acceptors (Lipinski definition) is 5. The Morgan fingerprint density at radius 1 is 1.15 bits per heavy atom. The molecule has 3 N–H and O–H groups in total. The van der Waals surface area contributed by atoms with Gasteiger partial charge in [0.25, 0.3) is 0 Å². The smallest absolute Gasteiger partial charge is 0.217 e. The molecule has 26 heavy (non-hydrogen) atoms. The van der Waals surface area contributed by atoms with Crippen LogP contribution in [0.3, 0.4) is 0 Å². The van der Waals surface area contributed by atoms with Crippen LogP contribution < -0.4 is 5.73 Å². The van der Waals surface area contributed by atoms with Crippen LogP contribution in [0.15, 0.2) is 12.3 Å². The normalized spacial score (nSPS) is 30.6. The van der Waals surface area contributed by atoms with Crippen molar-refractivity contribution in [3.63, 3.8) is 0 Å². The Kier molecular flexibility index (Phi) is 12.2. The van der Waals surface area contributed by atoms with Gasteiger partial charge >= 0.3 is 0 Å². The molecule has 1 heterocycles. The highest BCUT2D eigenvalue weighted by Crippen LogP contribution is 2.26. The van der Waals surface area contributed by atoms with Crippen LogP contribution in [0.5, 0.6) is 0 Å². The maximum atomic E-state index is 10.5. The molecule has 0 spiro atoms. The predicted molar refractivity (Wildman–Crippen MR) is 106 cm³/mol. The Balaban J connectivity index is 2.39. The molecule has 0 bridgehead atoms. The molecule has 6 atom stereocenters. The standard InChI is InChI=1S/C21H41NO4/c1-5-8-9-10-11-12-16(4)13-15-24-20-18(22)21(25-14-6-2)26-17(7-3)19(20)23/h6,14,16-21,23H,5,7-13,15,22H2,1-4H3/b14-6-/t16-,17-,18-,19-,20-,21+/m1/s1. The molecule has 1 fully saturated rings. The van der Waals surface area contributed by atoms with Crippen LogP contribution in [0, 0.1) is 5.92 Å². The molecule has 5 nitrogen and oxygen atoms in total. The number of aliphatic hydroxyl groups is 1. The van der Waals surface area contributed by atoms with Crippen LogP contribution in [0.4, 0.5) is 0 Å². The summed E-state index contributed by atoms with van der Waals surface area (Å²) in [5.74, 6) is 0.627. The first kappa shape index (κ1) is 23.4. The van der Waals surface area contributed by atoms with E-state index in [-0.39, 0.29) is 6.10 Å². The summed E-state index contributed by atoms with van der Waals surface area (Å²) in [4.78, 5) is 0. The summed E-state index contributed by atoms with van der Waals surface area (Å²) in [5.41, 5.74) is 6.25. The number of allylic oxidation sites excluding steroid dienone is 1. The molecule has 1 saturated heterocycles. The second-order valence-electron chi connectivity index (χ2n) is 7.56. The molecule has 1 rings (SSSR count). The Hall–Kier alpha value is -0.620. The fourth-order valence-electron chi connectivity index (χ4n) is 3.41. The number of rotatable bonds is 13. The SMILES string of the molecule is C/C=C\O[C@H]1O[C@H](CC)[C@@H](O)[C@H](OCC[C@H](C)CCCCCCC)[C@H]1N. The van der Waals surface area contributed by atoms with Gasteiger partial charge in [0.2, 0.25) is 6.29 Å². The van der Waals surface area contributed by atoms with Gasteiger partial charge in [0.05, 0.1) is 18.4 Å². The van der Waals surface area contributed by atoms with Crippen molar-refractivity contribution in [3.8, 4) is 0 Å². The van der Waals surface area contributed by atoms with Gasteiger partial charge in [-0.2, -0.15) is 0 Å². The van der Waals surface area contributed by atoms with E-state index in [1.807, 2.05) is 13.8 Å². The Labute approximate surface area is 160 Å². The number of hydrogen-bond donors (Lipinski definition) is 2. The predicted octanol–water partition coefficient (Wildman–Crippen LogP) is 4.13. The van der Waals surface area contributed by atoms with Gasteiger partial charge in [-0.3, -0.25) is 0 Å². The Morgan fingerprint density at radius 2 is 1.88 bits per heavy atom. The highest BCUT2D eigenvalue weighted by atomic mass is 16.7. The van der Waals surface area contributed by atoms with E-state index in [2.05, 4.69) is 13.8 Å². The van der Waals surface area contributed by atoms with Gasteiger partial charge in [0.1, 0.15) is 12.2 Å². The highest BCUT2D eigenvalue weighted by molar-refractivity contribution is 4.93. The molecule has 0 aromatic heterocycles. The average Bonchev–Trinajstić information content (AvgIpc) is 2.63. The van der Waals surface area contributed by atoms with Gasteiger partial charge in [0, 0.05) is 6.61 Å². The lowest BCUT2D eigenvalue weighted by Crippen LogP contribution is -2.62. The fourth-order valence-corrected chi connectivity index (χ4v) is 3.41. The molecule has 1 aliphatic heterocycles. The Bertz CT molecular complexity index is 377. The lowest BCUT2D eigenvalue weighted by molar-refractivity contribution is -0.253. The quantitative estimate of drug-likeness (QED) is 0.376. The third-order valence-corrected chi connectivity index (χ3v) is 5.19. The van der Waals surface area contributed by atoms with E-state index >= 15 is 0 Å². The van der Waals surface area contributed by atoms with Gasteiger partial charge < -0.3 is 25.1 Å². The fraction of sp³-hybridized carbons (Fsp3) is 0.905. The molecule has 0 unspecified atom stereocenters. The lowest BCUT2D eigenvalue weighted by Gasteiger charge is -2.42. The average molecular weight is 372 g/mol. The second kappa shape index (κ2) is 13.5. The molecule has 5 heteroatoms. The molecule has 0 amide bonds. The number of aliphatic hydroxyl groups excluding tert-OH is 1. The van der Waals surface area contributed by atoms with Crippen LogP contribution in [0.2, 0.25) is 0 Å². The Morgan fingerprint density at radius 3 is 2.54 bits per heavy atom. The van der Waals surface area contributed by atoms with Gasteiger partial charge in [0.15, 0.2) is 0 Å². The van der Waals surface area contributed by atoms with Gasteiger partial charge in [-0.25, -0.2) is 0 Å². The highest BCUT2D eigenvalue weighted by Gasteiger charge is 2.44. The summed E-state index contributed by atoms with van der Waals surface area (Å²) >= 11 is 0. The van der Waals surface area contributed by atoms with E-state index in [4.69, 9.17) is 19.9 Å². The molecular formula is C21H41NO4. The monoisotopic (exact) mass is 371 g/mol. The van der Waals surface area contributed by atoms with Crippen molar-refractivity contribution < 1.29 is 19.3 Å². The maximum Gasteiger partial charge on any atom is 0.217 e. The van der Waals surface area contributed by atoms with Crippen molar-refractivity contribution in [1.82, 2.24) is 0 Å². The van der Waals surface area contributed by atoms with Crippen molar-refractivity contribution in [3.05, 3.63) is 12.3 Å². The van der Waals surface area contributed by atoms with E-state index in [9.17, 15) is 5.11 Å². The molecule has 154 valence electrons. The molecular weight excluding hydrogens is 330 g/mol. The summed E-state index contributed by atoms with van der Waals surface area (Å²) in [6, 6.07) is -0.506. The third-order valence-electron chi connectivity index (χ3n) is 5.19. The molecule has 0 radical (unpaired) electrons. The first-order chi connectivity index (χ1) is 12.5. The molecule has 0 aromatic carbocycles. The second-order valence-corrected chi connectivity index (χ2v) is 7.56. The van der Waals surface area contributed by atoms with Crippen LogP contribution in [0.25, 0.3) is 0 Å². The van der Waals surface area contributed by atoms with Crippen molar-refractivity contribution in [1.29, 1.82) is 0 Å². The van der Waals surface area contributed by atoms with Gasteiger partial charge in [-0.1, -0.05) is 65.4 Å². The summed E-state index contributed by atoms with van der Waals surface area (Å²) < 4.78 is 17.3.